The first-order valence-electron chi connectivity index (χ1n) is 11.9. The highest BCUT2D eigenvalue weighted by Gasteiger charge is 2.17. The van der Waals surface area contributed by atoms with Gasteiger partial charge in [0.15, 0.2) is 17.0 Å². The van der Waals surface area contributed by atoms with Gasteiger partial charge in [0.1, 0.15) is 12.4 Å². The molecule has 0 unspecified atom stereocenters. The minimum absolute atomic E-state index is 0.0819. The van der Waals surface area contributed by atoms with Gasteiger partial charge in [-0.1, -0.05) is 6.07 Å². The van der Waals surface area contributed by atoms with E-state index in [1.165, 1.54) is 11.6 Å². The van der Waals surface area contributed by atoms with Crippen LogP contribution in [0.2, 0.25) is 0 Å². The van der Waals surface area contributed by atoms with Crippen molar-refractivity contribution in [3.63, 3.8) is 0 Å². The van der Waals surface area contributed by atoms with Crippen LogP contribution in [0, 0.1) is 0 Å². The highest BCUT2D eigenvalue weighted by atomic mass is 16.5. The number of benzene rings is 1. The molecule has 4 heterocycles. The van der Waals surface area contributed by atoms with Gasteiger partial charge in [-0.2, -0.15) is 0 Å². The summed E-state index contributed by atoms with van der Waals surface area (Å²) >= 11 is 0. The van der Waals surface area contributed by atoms with Crippen molar-refractivity contribution in [1.29, 1.82) is 0 Å². The van der Waals surface area contributed by atoms with Gasteiger partial charge in [0, 0.05) is 57.7 Å². The number of piperazine rings is 1. The fourth-order valence-corrected chi connectivity index (χ4v) is 4.17. The molecule has 0 saturated carbocycles. The quantitative estimate of drug-likeness (QED) is 0.370. The Balaban J connectivity index is 1.35. The van der Waals surface area contributed by atoms with E-state index in [1.54, 1.807) is 18.5 Å². The van der Waals surface area contributed by atoms with Crippen LogP contribution in [0.1, 0.15) is 5.56 Å². The summed E-state index contributed by atoms with van der Waals surface area (Å²) in [7, 11) is 3.57. The predicted octanol–water partition coefficient (Wildman–Crippen LogP) is 0.622. The third kappa shape index (κ3) is 5.02. The van der Waals surface area contributed by atoms with Crippen LogP contribution >= 0.6 is 0 Å². The maximum atomic E-state index is 12.8. The molecule has 36 heavy (non-hydrogen) atoms. The minimum Gasteiger partial charge on any atom is -0.492 e. The number of aromatic nitrogens is 6. The molecule has 1 aliphatic rings. The summed E-state index contributed by atoms with van der Waals surface area (Å²) < 4.78 is 8.33. The summed E-state index contributed by atoms with van der Waals surface area (Å²) in [6, 6.07) is 11.0. The van der Waals surface area contributed by atoms with Gasteiger partial charge in [-0.15, -0.1) is 10.2 Å². The molecule has 0 N–H and O–H groups in total. The van der Waals surface area contributed by atoms with E-state index in [0.29, 0.717) is 18.0 Å². The number of likely N-dealkylation sites (N-methyl/N-ethyl adjacent to an activating group) is 1. The van der Waals surface area contributed by atoms with E-state index >= 15 is 0 Å². The first-order chi connectivity index (χ1) is 17.5. The molecule has 11 heteroatoms. The van der Waals surface area contributed by atoms with E-state index in [9.17, 15) is 9.59 Å². The summed E-state index contributed by atoms with van der Waals surface area (Å²) in [5.41, 5.74) is 0.713. The van der Waals surface area contributed by atoms with Crippen LogP contribution in [-0.4, -0.2) is 85.5 Å². The molecular weight excluding hydrogens is 460 g/mol. The Labute approximate surface area is 207 Å². The Morgan fingerprint density at radius 2 is 1.75 bits per heavy atom. The molecule has 4 aromatic rings. The van der Waals surface area contributed by atoms with Crippen LogP contribution < -0.4 is 16.0 Å². The van der Waals surface area contributed by atoms with Crippen molar-refractivity contribution in [2.24, 2.45) is 7.05 Å². The molecule has 186 valence electrons. The molecule has 1 aromatic carbocycles. The molecule has 1 saturated heterocycles. The molecule has 1 fully saturated rings. The fraction of sp³-hybridized carbons (Fsp3) is 0.360. The number of hydrogen-bond acceptors (Lipinski definition) is 9. The van der Waals surface area contributed by atoms with E-state index in [1.807, 2.05) is 30.3 Å². The van der Waals surface area contributed by atoms with Gasteiger partial charge in [-0.25, -0.2) is 9.78 Å². The topological polar surface area (TPSA) is 111 Å². The van der Waals surface area contributed by atoms with Crippen LogP contribution in [-0.2, 0) is 13.6 Å². The average Bonchev–Trinajstić information content (AvgIpc) is 2.92. The third-order valence-electron chi connectivity index (χ3n) is 6.40. The van der Waals surface area contributed by atoms with Crippen LogP contribution in [0.25, 0.3) is 22.6 Å². The SMILES string of the molecule is CN1CCN(CCOc2ccc(-c3nnc4c(n3)c(=O)n(C)c(=O)n4Cc3cccnc3)cc2)CC1. The van der Waals surface area contributed by atoms with E-state index in [2.05, 4.69) is 37.0 Å². The molecule has 0 amide bonds. The lowest BCUT2D eigenvalue weighted by Crippen LogP contribution is -2.45. The van der Waals surface area contributed by atoms with Gasteiger partial charge < -0.3 is 9.64 Å². The second kappa shape index (κ2) is 10.3. The summed E-state index contributed by atoms with van der Waals surface area (Å²) in [4.78, 5) is 38.9. The average molecular weight is 489 g/mol. The van der Waals surface area contributed by atoms with Gasteiger partial charge in [0.25, 0.3) is 5.56 Å². The van der Waals surface area contributed by atoms with Crippen molar-refractivity contribution in [2.45, 2.75) is 6.54 Å². The Kier molecular flexibility index (Phi) is 6.83. The van der Waals surface area contributed by atoms with Crippen molar-refractivity contribution in [1.82, 2.24) is 39.1 Å². The third-order valence-corrected chi connectivity index (χ3v) is 6.40. The Morgan fingerprint density at radius 1 is 0.972 bits per heavy atom. The molecule has 0 bridgehead atoms. The normalized spacial score (nSPS) is 14.8. The lowest BCUT2D eigenvalue weighted by Gasteiger charge is -2.32. The molecule has 0 spiro atoms. The maximum Gasteiger partial charge on any atom is 0.332 e. The van der Waals surface area contributed by atoms with Crippen LogP contribution in [0.4, 0.5) is 0 Å². The summed E-state index contributed by atoms with van der Waals surface area (Å²) in [6.07, 6.45) is 3.32. The monoisotopic (exact) mass is 488 g/mol. The molecule has 3 aromatic heterocycles. The van der Waals surface area contributed by atoms with Gasteiger partial charge >= 0.3 is 5.69 Å². The first kappa shape index (κ1) is 23.8. The van der Waals surface area contributed by atoms with Gasteiger partial charge in [-0.3, -0.25) is 23.8 Å². The molecule has 5 rings (SSSR count). The zero-order chi connectivity index (χ0) is 25.1. The highest BCUT2D eigenvalue weighted by Crippen LogP contribution is 2.20. The Hall–Kier alpha value is -3.96. The number of hydrogen-bond donors (Lipinski definition) is 0. The van der Waals surface area contributed by atoms with Crippen molar-refractivity contribution in [3.8, 4) is 17.1 Å². The lowest BCUT2D eigenvalue weighted by molar-refractivity contribution is 0.134. The van der Waals surface area contributed by atoms with Crippen molar-refractivity contribution in [2.75, 3.05) is 46.4 Å². The standard InChI is InChI=1S/C25H28N8O3/c1-30-10-12-32(13-11-30)14-15-36-20-7-5-19(6-8-20)22-27-21-23(29-28-22)33(25(35)31(2)24(21)34)17-18-4-3-9-26-16-18/h3-9,16H,10-15,17H2,1-2H3. The van der Waals surface area contributed by atoms with E-state index in [0.717, 1.165) is 48.6 Å². The molecular formula is C25H28N8O3. The van der Waals surface area contributed by atoms with Gasteiger partial charge in [-0.05, 0) is 42.9 Å². The Bertz CT molecular complexity index is 1460. The second-order valence-corrected chi connectivity index (χ2v) is 8.92. The first-order valence-corrected chi connectivity index (χ1v) is 11.9. The van der Waals surface area contributed by atoms with Gasteiger partial charge in [0.2, 0.25) is 0 Å². The molecule has 0 atom stereocenters. The molecule has 0 radical (unpaired) electrons. The summed E-state index contributed by atoms with van der Waals surface area (Å²) in [6.45, 7) is 5.97. The number of fused-ring (bicyclic) bond motifs is 1. The van der Waals surface area contributed by atoms with E-state index < -0.39 is 11.2 Å². The highest BCUT2D eigenvalue weighted by molar-refractivity contribution is 5.71. The van der Waals surface area contributed by atoms with Crippen molar-refractivity contribution in [3.05, 3.63) is 75.2 Å². The second-order valence-electron chi connectivity index (χ2n) is 8.92. The molecule has 0 aliphatic carbocycles. The molecule has 1 aliphatic heterocycles. The van der Waals surface area contributed by atoms with Crippen LogP contribution in [0.15, 0.2) is 58.4 Å². The zero-order valence-electron chi connectivity index (χ0n) is 20.4. The molecule has 11 nitrogen and oxygen atoms in total. The Morgan fingerprint density at radius 3 is 2.47 bits per heavy atom. The number of rotatable bonds is 7. The maximum absolute atomic E-state index is 12.8. The van der Waals surface area contributed by atoms with Crippen LogP contribution in [0.3, 0.4) is 0 Å². The fourth-order valence-electron chi connectivity index (χ4n) is 4.17. The number of pyridine rings is 1. The van der Waals surface area contributed by atoms with E-state index in [4.69, 9.17) is 4.74 Å². The van der Waals surface area contributed by atoms with Gasteiger partial charge in [0.05, 0.1) is 6.54 Å². The smallest absolute Gasteiger partial charge is 0.332 e. The lowest BCUT2D eigenvalue weighted by atomic mass is 10.2. The van der Waals surface area contributed by atoms with Crippen molar-refractivity contribution >= 4 is 11.2 Å². The number of nitrogens with zero attached hydrogens (tertiary/aromatic N) is 8. The minimum atomic E-state index is -0.516. The number of ether oxygens (including phenoxy) is 1. The van der Waals surface area contributed by atoms with Crippen molar-refractivity contribution < 1.29 is 4.74 Å². The predicted molar refractivity (Wildman–Crippen MR) is 135 cm³/mol. The summed E-state index contributed by atoms with van der Waals surface area (Å²) in [5, 5.41) is 8.44. The van der Waals surface area contributed by atoms with Crippen LogP contribution in [0.5, 0.6) is 5.75 Å². The zero-order valence-corrected chi connectivity index (χ0v) is 20.4. The largest absolute Gasteiger partial charge is 0.492 e. The summed E-state index contributed by atoms with van der Waals surface area (Å²) in [5.74, 6) is 1.05. The van der Waals surface area contributed by atoms with E-state index in [-0.39, 0.29) is 17.7 Å².